The van der Waals surface area contributed by atoms with Crippen molar-refractivity contribution < 1.29 is 49.1 Å². The van der Waals surface area contributed by atoms with Crippen molar-refractivity contribution >= 4 is 51.5 Å². The fraction of sp³-hybridized carbons (Fsp3) is 0.417. The molecule has 1 amide bonds. The van der Waals surface area contributed by atoms with Crippen LogP contribution in [0.25, 0.3) is 0 Å². The lowest BCUT2D eigenvalue weighted by molar-refractivity contribution is -0.134. The predicted molar refractivity (Wildman–Crippen MR) is 148 cm³/mol. The summed E-state index contributed by atoms with van der Waals surface area (Å²) in [6.45, 7) is 6.82. The minimum Gasteiger partial charge on any atom is -0.480 e. The highest BCUT2D eigenvalue weighted by Crippen LogP contribution is 2.27. The standard InChI is InChI=1S/C16H26BrN5O2.2C4H4O4/c1-5-22-7-6-21(3)9-11(10-22)19-15(23)12-8-13(17)14(18-2)20-16(12)24-4;2*5-3(6)1-2-4(7)8/h8,11H,5-7,9-10H2,1-4H3,(H,18,20)(H,19,23);2*1-2H,(H,5,6)(H,7,8)/b;2*2-1+/t11-;;/m0../s1. The van der Waals surface area contributed by atoms with Crippen LogP contribution in [-0.2, 0) is 19.2 Å². The zero-order valence-corrected chi connectivity index (χ0v) is 24.0. The Morgan fingerprint density at radius 1 is 1.00 bits per heavy atom. The number of methoxy groups -OCH3 is 1. The SMILES string of the molecule is CCN1CCN(C)C[C@H](NC(=O)c2cc(Br)c(NC)nc2OC)C1.O=C(O)/C=C/C(=O)O.O=C(O)/C=C/C(=O)O. The van der Waals surface area contributed by atoms with E-state index in [2.05, 4.69) is 55.3 Å². The summed E-state index contributed by atoms with van der Waals surface area (Å²) in [4.78, 5) is 59.9. The van der Waals surface area contributed by atoms with E-state index in [0.29, 0.717) is 41.6 Å². The van der Waals surface area contributed by atoms with E-state index in [1.165, 1.54) is 7.11 Å². The number of pyridine rings is 1. The second-order valence-corrected chi connectivity index (χ2v) is 8.83. The smallest absolute Gasteiger partial charge is 0.328 e. The van der Waals surface area contributed by atoms with Gasteiger partial charge in [0.25, 0.3) is 5.91 Å². The summed E-state index contributed by atoms with van der Waals surface area (Å²) < 4.78 is 6.01. The normalized spacial score (nSPS) is 15.6. The quantitative estimate of drug-likeness (QED) is 0.206. The molecule has 0 spiro atoms. The van der Waals surface area contributed by atoms with Crippen LogP contribution in [0.3, 0.4) is 0 Å². The second-order valence-electron chi connectivity index (χ2n) is 7.97. The molecule has 222 valence electrons. The zero-order chi connectivity index (χ0) is 30.8. The molecule has 6 N–H and O–H groups in total. The Labute approximate surface area is 239 Å². The molecular formula is C24H34BrN5O10. The van der Waals surface area contributed by atoms with Gasteiger partial charge in [0.05, 0.1) is 17.6 Å². The lowest BCUT2D eigenvalue weighted by atomic mass is 10.2. The maximum atomic E-state index is 12.7. The van der Waals surface area contributed by atoms with Crippen LogP contribution in [0.2, 0.25) is 0 Å². The van der Waals surface area contributed by atoms with Gasteiger partial charge in [0.2, 0.25) is 5.88 Å². The van der Waals surface area contributed by atoms with Crippen LogP contribution < -0.4 is 15.4 Å². The molecule has 2 rings (SSSR count). The van der Waals surface area contributed by atoms with Gasteiger partial charge in [0, 0.05) is 57.5 Å². The molecule has 0 aliphatic carbocycles. The van der Waals surface area contributed by atoms with Gasteiger partial charge in [0.1, 0.15) is 11.4 Å². The van der Waals surface area contributed by atoms with Gasteiger partial charge in [-0.05, 0) is 35.6 Å². The van der Waals surface area contributed by atoms with Crippen molar-refractivity contribution in [2.75, 3.05) is 59.2 Å². The average Bonchev–Trinajstić information content (AvgIpc) is 3.07. The second kappa shape index (κ2) is 19.1. The third-order valence-corrected chi connectivity index (χ3v) is 5.55. The highest BCUT2D eigenvalue weighted by atomic mass is 79.9. The summed E-state index contributed by atoms with van der Waals surface area (Å²) in [6, 6.07) is 1.81. The maximum absolute atomic E-state index is 12.7. The summed E-state index contributed by atoms with van der Waals surface area (Å²) in [6.07, 6.45) is 2.23. The molecule has 1 saturated heterocycles. The van der Waals surface area contributed by atoms with E-state index in [9.17, 15) is 24.0 Å². The van der Waals surface area contributed by atoms with Gasteiger partial charge in [-0.3, -0.25) is 4.79 Å². The number of anilines is 1. The van der Waals surface area contributed by atoms with Crippen LogP contribution in [0.5, 0.6) is 5.88 Å². The number of carbonyl (C=O) groups is 5. The fourth-order valence-electron chi connectivity index (χ4n) is 3.13. The number of ether oxygens (including phenoxy) is 1. The molecule has 15 nitrogen and oxygen atoms in total. The van der Waals surface area contributed by atoms with Crippen molar-refractivity contribution in [3.8, 4) is 5.88 Å². The molecular weight excluding hydrogens is 598 g/mol. The molecule has 1 aromatic rings. The van der Waals surface area contributed by atoms with Gasteiger partial charge in [-0.25, -0.2) is 19.2 Å². The van der Waals surface area contributed by atoms with Crippen LogP contribution in [0.4, 0.5) is 5.82 Å². The molecule has 1 atom stereocenters. The minimum atomic E-state index is -1.26. The molecule has 0 saturated carbocycles. The first kappa shape index (κ1) is 36.0. The van der Waals surface area contributed by atoms with Gasteiger partial charge in [-0.1, -0.05) is 6.92 Å². The molecule has 16 heteroatoms. The Kier molecular flexibility index (Phi) is 17.2. The summed E-state index contributed by atoms with van der Waals surface area (Å²) in [7, 11) is 5.37. The first-order chi connectivity index (χ1) is 18.7. The third kappa shape index (κ3) is 15.4. The van der Waals surface area contributed by atoms with E-state index in [4.69, 9.17) is 25.2 Å². The molecule has 2 heterocycles. The molecule has 0 radical (unpaired) electrons. The van der Waals surface area contributed by atoms with Gasteiger partial charge < -0.3 is 45.6 Å². The van der Waals surface area contributed by atoms with Gasteiger partial charge >= 0.3 is 23.9 Å². The third-order valence-electron chi connectivity index (χ3n) is 4.94. The van der Waals surface area contributed by atoms with E-state index >= 15 is 0 Å². The van der Waals surface area contributed by atoms with Crippen LogP contribution >= 0.6 is 15.9 Å². The number of carboxylic acid groups (broad SMARTS) is 4. The van der Waals surface area contributed by atoms with Crippen molar-refractivity contribution in [1.29, 1.82) is 0 Å². The predicted octanol–water partition coefficient (Wildman–Crippen LogP) is 0.684. The molecule has 1 fully saturated rings. The molecule has 1 aliphatic heterocycles. The monoisotopic (exact) mass is 631 g/mol. The number of halogens is 1. The average molecular weight is 632 g/mol. The summed E-state index contributed by atoms with van der Waals surface area (Å²) >= 11 is 3.43. The topological polar surface area (TPSA) is 219 Å². The van der Waals surface area contributed by atoms with Crippen LogP contribution in [0.1, 0.15) is 17.3 Å². The van der Waals surface area contributed by atoms with Crippen LogP contribution in [0.15, 0.2) is 34.8 Å². The number of carbonyl (C=O) groups excluding carboxylic acids is 1. The van der Waals surface area contributed by atoms with Crippen molar-refractivity contribution in [3.05, 3.63) is 40.4 Å². The number of nitrogens with one attached hydrogen (secondary N) is 2. The number of rotatable bonds is 9. The Morgan fingerprint density at radius 2 is 1.50 bits per heavy atom. The Morgan fingerprint density at radius 3 is 1.90 bits per heavy atom. The van der Waals surface area contributed by atoms with E-state index in [1.54, 1.807) is 13.1 Å². The molecule has 40 heavy (non-hydrogen) atoms. The lowest BCUT2D eigenvalue weighted by Crippen LogP contribution is -2.46. The molecule has 0 aromatic carbocycles. The van der Waals surface area contributed by atoms with Crippen molar-refractivity contribution in [1.82, 2.24) is 20.1 Å². The van der Waals surface area contributed by atoms with Crippen LogP contribution in [0, 0.1) is 0 Å². The largest absolute Gasteiger partial charge is 0.480 e. The first-order valence-corrected chi connectivity index (χ1v) is 12.4. The number of carboxylic acids is 4. The van der Waals surface area contributed by atoms with Gasteiger partial charge in [-0.15, -0.1) is 0 Å². The number of aliphatic carboxylic acids is 4. The number of likely N-dealkylation sites (N-methyl/N-ethyl adjacent to an activating group) is 2. The number of amides is 1. The zero-order valence-electron chi connectivity index (χ0n) is 22.5. The van der Waals surface area contributed by atoms with E-state index in [1.807, 2.05) is 0 Å². The number of hydrogen-bond donors (Lipinski definition) is 6. The van der Waals surface area contributed by atoms with E-state index in [-0.39, 0.29) is 11.9 Å². The molecule has 1 aromatic heterocycles. The van der Waals surface area contributed by atoms with E-state index in [0.717, 1.165) is 37.2 Å². The number of nitrogens with zero attached hydrogens (tertiary/aromatic N) is 3. The minimum absolute atomic E-state index is 0.0670. The number of hydrogen-bond acceptors (Lipinski definition) is 10. The van der Waals surface area contributed by atoms with Crippen LogP contribution in [-0.4, -0.2) is 125 Å². The lowest BCUT2D eigenvalue weighted by Gasteiger charge is -2.24. The summed E-state index contributed by atoms with van der Waals surface area (Å²) in [5.74, 6) is -4.25. The summed E-state index contributed by atoms with van der Waals surface area (Å²) in [5, 5.41) is 37.3. The van der Waals surface area contributed by atoms with Gasteiger partial charge in [-0.2, -0.15) is 4.98 Å². The molecule has 0 bridgehead atoms. The van der Waals surface area contributed by atoms with Crippen molar-refractivity contribution in [2.24, 2.45) is 0 Å². The molecule has 1 aliphatic rings. The number of aromatic nitrogens is 1. The molecule has 0 unspecified atom stereocenters. The highest BCUT2D eigenvalue weighted by Gasteiger charge is 2.24. The Balaban J connectivity index is 0.000000780. The fourth-order valence-corrected chi connectivity index (χ4v) is 3.65. The van der Waals surface area contributed by atoms with Crippen molar-refractivity contribution in [3.63, 3.8) is 0 Å². The van der Waals surface area contributed by atoms with E-state index < -0.39 is 23.9 Å². The van der Waals surface area contributed by atoms with Crippen molar-refractivity contribution in [2.45, 2.75) is 13.0 Å². The maximum Gasteiger partial charge on any atom is 0.328 e. The summed E-state index contributed by atoms with van der Waals surface area (Å²) in [5.41, 5.74) is 0.429. The first-order valence-electron chi connectivity index (χ1n) is 11.7. The highest BCUT2D eigenvalue weighted by molar-refractivity contribution is 9.10. The Bertz CT molecular complexity index is 1030. The van der Waals surface area contributed by atoms with Gasteiger partial charge in [0.15, 0.2) is 0 Å². The Hall–Kier alpha value is -4.02.